The molecule has 4 N–H and O–H groups in total. The highest BCUT2D eigenvalue weighted by Gasteiger charge is 2.55. The van der Waals surface area contributed by atoms with Gasteiger partial charge in [0.25, 0.3) is 0 Å². The molecule has 2 aromatic rings. The van der Waals surface area contributed by atoms with E-state index in [1.807, 2.05) is 0 Å². The van der Waals surface area contributed by atoms with Crippen molar-refractivity contribution in [1.29, 1.82) is 0 Å². The van der Waals surface area contributed by atoms with Crippen LogP contribution in [-0.2, 0) is 16.3 Å². The van der Waals surface area contributed by atoms with E-state index in [1.165, 1.54) is 0 Å². The van der Waals surface area contributed by atoms with E-state index in [0.29, 0.717) is 22.3 Å². The highest BCUT2D eigenvalue weighted by molar-refractivity contribution is 5.40. The van der Waals surface area contributed by atoms with Gasteiger partial charge in [0.05, 0.1) is 0 Å². The standard InChI is InChI=1S/C16H14O5/c17-13-9-3-1-5-11(7-9)15(13,19)21-16(20)12-6-2-4-10(8-12)14(16)18/h1-8,13-14,17-20H/t13-,14-,15-,16-/m0/s1. The highest BCUT2D eigenvalue weighted by atomic mass is 16.7. The molecule has 4 rings (SSSR count). The van der Waals surface area contributed by atoms with Gasteiger partial charge in [0.2, 0.25) is 11.6 Å². The summed E-state index contributed by atoms with van der Waals surface area (Å²) in [5.41, 5.74) is 1.68. The molecule has 0 saturated carbocycles. The van der Waals surface area contributed by atoms with Crippen LogP contribution >= 0.6 is 0 Å². The molecule has 4 atom stereocenters. The maximum Gasteiger partial charge on any atom is 0.226 e. The van der Waals surface area contributed by atoms with Gasteiger partial charge in [-0.25, -0.2) is 0 Å². The number of ether oxygens (including phenoxy) is 1. The Labute approximate surface area is 120 Å². The van der Waals surface area contributed by atoms with E-state index in [4.69, 9.17) is 4.74 Å². The molecule has 108 valence electrons. The van der Waals surface area contributed by atoms with Crippen molar-refractivity contribution in [2.75, 3.05) is 0 Å². The molecule has 5 nitrogen and oxygen atoms in total. The van der Waals surface area contributed by atoms with Crippen LogP contribution in [0.25, 0.3) is 0 Å². The predicted octanol–water partition coefficient (Wildman–Crippen LogP) is 0.788. The van der Waals surface area contributed by atoms with Crippen molar-refractivity contribution >= 4 is 0 Å². The summed E-state index contributed by atoms with van der Waals surface area (Å²) in [6.45, 7) is 0. The number of fused-ring (bicyclic) bond motifs is 4. The summed E-state index contributed by atoms with van der Waals surface area (Å²) in [7, 11) is 0. The van der Waals surface area contributed by atoms with Crippen molar-refractivity contribution in [3.8, 4) is 0 Å². The van der Waals surface area contributed by atoms with Gasteiger partial charge in [-0.05, 0) is 23.3 Å². The van der Waals surface area contributed by atoms with Gasteiger partial charge in [-0.2, -0.15) is 0 Å². The third kappa shape index (κ3) is 1.52. The van der Waals surface area contributed by atoms with Crippen molar-refractivity contribution in [3.63, 3.8) is 0 Å². The second-order valence-corrected chi connectivity index (χ2v) is 5.55. The van der Waals surface area contributed by atoms with Gasteiger partial charge in [-0.3, -0.25) is 0 Å². The first-order valence-corrected chi connectivity index (χ1v) is 6.67. The van der Waals surface area contributed by atoms with Crippen LogP contribution in [0.1, 0.15) is 34.5 Å². The van der Waals surface area contributed by atoms with Crippen LogP contribution in [0.5, 0.6) is 0 Å². The first-order chi connectivity index (χ1) is 9.95. The molecule has 0 fully saturated rings. The normalized spacial score (nSPS) is 36.2. The van der Waals surface area contributed by atoms with Gasteiger partial charge in [0, 0.05) is 11.1 Å². The fraction of sp³-hybridized carbons (Fsp3) is 0.250. The lowest BCUT2D eigenvalue weighted by Gasteiger charge is -2.38. The lowest BCUT2D eigenvalue weighted by Crippen LogP contribution is -2.44. The Morgan fingerprint density at radius 1 is 0.762 bits per heavy atom. The fourth-order valence-electron chi connectivity index (χ4n) is 3.10. The van der Waals surface area contributed by atoms with Crippen molar-refractivity contribution in [3.05, 3.63) is 70.8 Å². The van der Waals surface area contributed by atoms with Gasteiger partial charge >= 0.3 is 0 Å². The molecule has 21 heavy (non-hydrogen) atoms. The second-order valence-electron chi connectivity index (χ2n) is 5.55. The Hall–Kier alpha value is -1.76. The van der Waals surface area contributed by atoms with E-state index in [-0.39, 0.29) is 0 Å². The highest BCUT2D eigenvalue weighted by Crippen LogP contribution is 2.51. The zero-order chi connectivity index (χ0) is 14.8. The molecule has 0 heterocycles. The maximum absolute atomic E-state index is 10.7. The monoisotopic (exact) mass is 286 g/mol. The maximum atomic E-state index is 10.7. The molecule has 2 aliphatic rings. The summed E-state index contributed by atoms with van der Waals surface area (Å²) in [6.07, 6.45) is -2.64. The van der Waals surface area contributed by atoms with E-state index < -0.39 is 23.8 Å². The molecular formula is C16H14O5. The molecule has 0 amide bonds. The SMILES string of the molecule is O[C@H]1c2cccc(c2)[C@]1(O)O[C@@]1(O)c2cccc(c2)[C@@H]1O. The summed E-state index contributed by atoms with van der Waals surface area (Å²) in [4.78, 5) is 0. The second kappa shape index (κ2) is 3.91. The Morgan fingerprint density at radius 3 is 1.57 bits per heavy atom. The minimum absolute atomic E-state index is 0.341. The molecule has 0 aliphatic heterocycles. The van der Waals surface area contributed by atoms with Gasteiger partial charge < -0.3 is 25.2 Å². The van der Waals surface area contributed by atoms with Crippen molar-refractivity contribution < 1.29 is 25.2 Å². The number of benzene rings is 2. The Morgan fingerprint density at radius 2 is 1.19 bits per heavy atom. The summed E-state index contributed by atoms with van der Waals surface area (Å²) in [5.74, 6) is -4.19. The van der Waals surface area contributed by atoms with Crippen LogP contribution in [-0.4, -0.2) is 20.4 Å². The molecule has 0 unspecified atom stereocenters. The van der Waals surface area contributed by atoms with Crippen molar-refractivity contribution in [2.24, 2.45) is 0 Å². The molecule has 2 aliphatic carbocycles. The average molecular weight is 286 g/mol. The average Bonchev–Trinajstić information content (AvgIpc) is 2.77. The Balaban J connectivity index is 1.76. The third-order valence-electron chi connectivity index (χ3n) is 4.28. The third-order valence-corrected chi connectivity index (χ3v) is 4.28. The molecular weight excluding hydrogens is 272 g/mol. The summed E-state index contributed by atoms with van der Waals surface area (Å²) in [5, 5.41) is 41.9. The minimum Gasteiger partial charge on any atom is -0.382 e. The van der Waals surface area contributed by atoms with Crippen LogP contribution in [0.2, 0.25) is 0 Å². The molecule has 5 heteroatoms. The number of hydrogen-bond donors (Lipinski definition) is 4. The smallest absolute Gasteiger partial charge is 0.226 e. The van der Waals surface area contributed by atoms with E-state index >= 15 is 0 Å². The predicted molar refractivity (Wildman–Crippen MR) is 71.7 cm³/mol. The lowest BCUT2D eigenvalue weighted by atomic mass is 10.0. The first kappa shape index (κ1) is 12.9. The molecule has 0 spiro atoms. The van der Waals surface area contributed by atoms with Crippen LogP contribution in [0.3, 0.4) is 0 Å². The zero-order valence-corrected chi connectivity index (χ0v) is 11.0. The summed E-state index contributed by atoms with van der Waals surface area (Å²) < 4.78 is 5.49. The van der Waals surface area contributed by atoms with Crippen molar-refractivity contribution in [1.82, 2.24) is 0 Å². The zero-order valence-electron chi connectivity index (χ0n) is 11.0. The lowest BCUT2D eigenvalue weighted by molar-refractivity contribution is -0.394. The summed E-state index contributed by atoms with van der Waals surface area (Å²) in [6, 6.07) is 13.1. The number of aliphatic hydroxyl groups is 4. The van der Waals surface area contributed by atoms with Gasteiger partial charge in [-0.15, -0.1) is 0 Å². The van der Waals surface area contributed by atoms with Gasteiger partial charge in [0.15, 0.2) is 0 Å². The van der Waals surface area contributed by atoms with Crippen LogP contribution < -0.4 is 0 Å². The van der Waals surface area contributed by atoms with E-state index in [0.717, 1.165) is 0 Å². The van der Waals surface area contributed by atoms with Crippen molar-refractivity contribution in [2.45, 2.75) is 23.8 Å². The topological polar surface area (TPSA) is 90.2 Å². The Kier molecular flexibility index (Phi) is 2.41. The number of rotatable bonds is 2. The molecule has 2 aromatic carbocycles. The largest absolute Gasteiger partial charge is 0.382 e. The van der Waals surface area contributed by atoms with Crippen LogP contribution in [0.4, 0.5) is 0 Å². The fourth-order valence-corrected chi connectivity index (χ4v) is 3.10. The number of aliphatic hydroxyl groups excluding tert-OH is 2. The summed E-state index contributed by atoms with van der Waals surface area (Å²) >= 11 is 0. The Bertz CT molecular complexity index is 669. The van der Waals surface area contributed by atoms with E-state index in [9.17, 15) is 20.4 Å². The van der Waals surface area contributed by atoms with Crippen LogP contribution in [0.15, 0.2) is 48.5 Å². The van der Waals surface area contributed by atoms with E-state index in [1.54, 1.807) is 48.5 Å². The first-order valence-electron chi connectivity index (χ1n) is 6.67. The minimum atomic E-state index is -2.10. The van der Waals surface area contributed by atoms with Crippen LogP contribution in [0, 0.1) is 0 Å². The van der Waals surface area contributed by atoms with Gasteiger partial charge in [0.1, 0.15) is 12.2 Å². The van der Waals surface area contributed by atoms with Gasteiger partial charge in [-0.1, -0.05) is 36.4 Å². The number of hydrogen-bond acceptors (Lipinski definition) is 5. The molecule has 0 radical (unpaired) electrons. The molecule has 4 bridgehead atoms. The molecule has 0 aromatic heterocycles. The molecule has 0 saturated heterocycles. The van der Waals surface area contributed by atoms with E-state index in [2.05, 4.69) is 0 Å². The quantitative estimate of drug-likeness (QED) is 0.613.